The monoisotopic (exact) mass is 361 g/mol. The first-order chi connectivity index (χ1) is 11.8. The molecule has 2 rings (SSSR count). The van der Waals surface area contributed by atoms with Crippen LogP contribution in [0.4, 0.5) is 0 Å². The van der Waals surface area contributed by atoms with Crippen molar-refractivity contribution in [2.24, 2.45) is 5.73 Å². The molecule has 6 nitrogen and oxygen atoms in total. The van der Waals surface area contributed by atoms with Crippen LogP contribution in [0.3, 0.4) is 0 Å². The number of ether oxygens (including phenoxy) is 1. The van der Waals surface area contributed by atoms with Crippen LogP contribution in [-0.4, -0.2) is 27.8 Å². The standard InChI is InChI=1S/C18H20ClN3O3/c1-11-4-6-14(7-5-11)10-22-17(19)15(12(2)21-22)8-9-16(23)25-13(3)18(20)24/h4-9,13H,10H2,1-3H3,(H2,20,24)/b9-8+/t13-/m1/s1. The minimum Gasteiger partial charge on any atom is -0.449 e. The maximum Gasteiger partial charge on any atom is 0.331 e. The summed E-state index contributed by atoms with van der Waals surface area (Å²) in [5.74, 6) is -1.38. The van der Waals surface area contributed by atoms with Gasteiger partial charge in [-0.3, -0.25) is 4.79 Å². The van der Waals surface area contributed by atoms with E-state index in [-0.39, 0.29) is 0 Å². The van der Waals surface area contributed by atoms with Gasteiger partial charge in [0.05, 0.1) is 12.2 Å². The van der Waals surface area contributed by atoms with Crippen LogP contribution in [-0.2, 0) is 20.9 Å². The van der Waals surface area contributed by atoms with Crippen molar-refractivity contribution in [3.63, 3.8) is 0 Å². The molecule has 1 heterocycles. The first kappa shape index (κ1) is 18.7. The van der Waals surface area contributed by atoms with Crippen molar-refractivity contribution in [1.29, 1.82) is 0 Å². The van der Waals surface area contributed by atoms with Gasteiger partial charge in [-0.25, -0.2) is 9.48 Å². The Morgan fingerprint density at radius 2 is 1.96 bits per heavy atom. The van der Waals surface area contributed by atoms with Gasteiger partial charge in [-0.05, 0) is 32.4 Å². The van der Waals surface area contributed by atoms with Gasteiger partial charge in [0.25, 0.3) is 5.91 Å². The van der Waals surface area contributed by atoms with Gasteiger partial charge in [0.2, 0.25) is 0 Å². The molecule has 1 atom stereocenters. The fourth-order valence-corrected chi connectivity index (χ4v) is 2.45. The lowest BCUT2D eigenvalue weighted by molar-refractivity contribution is -0.148. The Kier molecular flexibility index (Phi) is 5.98. The number of hydrogen-bond acceptors (Lipinski definition) is 4. The van der Waals surface area contributed by atoms with E-state index in [1.807, 2.05) is 31.2 Å². The Hall–Kier alpha value is -2.60. The first-order valence-corrected chi connectivity index (χ1v) is 8.12. The first-order valence-electron chi connectivity index (χ1n) is 7.74. The van der Waals surface area contributed by atoms with Gasteiger partial charge >= 0.3 is 5.97 Å². The number of esters is 1. The molecule has 0 spiro atoms. The molecule has 0 aliphatic carbocycles. The van der Waals surface area contributed by atoms with E-state index in [0.29, 0.717) is 23.0 Å². The second kappa shape index (κ2) is 7.98. The third-order valence-electron chi connectivity index (χ3n) is 3.64. The lowest BCUT2D eigenvalue weighted by atomic mass is 10.1. The highest BCUT2D eigenvalue weighted by atomic mass is 35.5. The minimum absolute atomic E-state index is 0.421. The fourth-order valence-electron chi connectivity index (χ4n) is 2.15. The topological polar surface area (TPSA) is 87.2 Å². The number of hydrogen-bond donors (Lipinski definition) is 1. The number of rotatable bonds is 6. The average molecular weight is 362 g/mol. The van der Waals surface area contributed by atoms with Crippen molar-refractivity contribution in [3.05, 3.63) is 57.9 Å². The van der Waals surface area contributed by atoms with Crippen LogP contribution in [0.25, 0.3) is 6.08 Å². The molecule has 25 heavy (non-hydrogen) atoms. The molecule has 0 saturated heterocycles. The number of benzene rings is 1. The average Bonchev–Trinajstić information content (AvgIpc) is 2.81. The highest BCUT2D eigenvalue weighted by Crippen LogP contribution is 2.22. The lowest BCUT2D eigenvalue weighted by Gasteiger charge is -2.06. The Balaban J connectivity index is 2.13. The van der Waals surface area contributed by atoms with Crippen LogP contribution in [0.1, 0.15) is 29.3 Å². The summed E-state index contributed by atoms with van der Waals surface area (Å²) in [6.07, 6.45) is 1.73. The van der Waals surface area contributed by atoms with Gasteiger partial charge < -0.3 is 10.5 Å². The van der Waals surface area contributed by atoms with E-state index in [4.69, 9.17) is 22.1 Å². The summed E-state index contributed by atoms with van der Waals surface area (Å²) in [5, 5.41) is 4.82. The van der Waals surface area contributed by atoms with E-state index in [1.165, 1.54) is 24.6 Å². The number of aromatic nitrogens is 2. The molecule has 132 valence electrons. The molecule has 0 unspecified atom stereocenters. The van der Waals surface area contributed by atoms with E-state index in [2.05, 4.69) is 5.10 Å². The molecule has 2 aromatic rings. The molecule has 1 aromatic heterocycles. The molecule has 0 aliphatic rings. The van der Waals surface area contributed by atoms with Crippen molar-refractivity contribution in [1.82, 2.24) is 9.78 Å². The Bertz CT molecular complexity index is 810. The highest BCUT2D eigenvalue weighted by molar-refractivity contribution is 6.31. The van der Waals surface area contributed by atoms with Crippen LogP contribution >= 0.6 is 11.6 Å². The van der Waals surface area contributed by atoms with Gasteiger partial charge in [0.15, 0.2) is 6.10 Å². The third kappa shape index (κ3) is 4.93. The SMILES string of the molecule is Cc1ccc(Cn2nc(C)c(/C=C/C(=O)O[C@H](C)C(N)=O)c2Cl)cc1. The number of nitrogens with zero attached hydrogens (tertiary/aromatic N) is 2. The van der Waals surface area contributed by atoms with Crippen molar-refractivity contribution in [2.75, 3.05) is 0 Å². The number of amides is 1. The summed E-state index contributed by atoms with van der Waals surface area (Å²) in [5.41, 5.74) is 8.61. The zero-order valence-corrected chi connectivity index (χ0v) is 15.1. The molecule has 0 saturated carbocycles. The van der Waals surface area contributed by atoms with Crippen molar-refractivity contribution in [2.45, 2.75) is 33.4 Å². The molecule has 0 bridgehead atoms. The maximum absolute atomic E-state index is 11.7. The molecule has 0 radical (unpaired) electrons. The fraction of sp³-hybridized carbons (Fsp3) is 0.278. The third-order valence-corrected chi connectivity index (χ3v) is 4.04. The zero-order valence-electron chi connectivity index (χ0n) is 14.3. The molecule has 2 N–H and O–H groups in total. The number of halogens is 1. The van der Waals surface area contributed by atoms with E-state index < -0.39 is 18.0 Å². The summed E-state index contributed by atoms with van der Waals surface area (Å²) < 4.78 is 6.52. The second-order valence-corrected chi connectivity index (χ2v) is 6.11. The number of aryl methyl sites for hydroxylation is 2. The van der Waals surface area contributed by atoms with Crippen LogP contribution in [0.5, 0.6) is 0 Å². The summed E-state index contributed by atoms with van der Waals surface area (Å²) in [7, 11) is 0. The van der Waals surface area contributed by atoms with Crippen LogP contribution in [0.15, 0.2) is 30.3 Å². The summed E-state index contributed by atoms with van der Waals surface area (Å²) >= 11 is 6.37. The van der Waals surface area contributed by atoms with Crippen LogP contribution in [0, 0.1) is 13.8 Å². The van der Waals surface area contributed by atoms with E-state index in [9.17, 15) is 9.59 Å². The number of primary amides is 1. The normalized spacial score (nSPS) is 12.3. The largest absolute Gasteiger partial charge is 0.449 e. The van der Waals surface area contributed by atoms with Crippen LogP contribution < -0.4 is 5.73 Å². The van der Waals surface area contributed by atoms with Gasteiger partial charge in [0, 0.05) is 11.6 Å². The minimum atomic E-state index is -0.988. The second-order valence-electron chi connectivity index (χ2n) is 5.75. The zero-order chi connectivity index (χ0) is 18.6. The van der Waals surface area contributed by atoms with Crippen molar-refractivity contribution >= 4 is 29.6 Å². The number of carbonyl (C=O) groups is 2. The van der Waals surface area contributed by atoms with Gasteiger partial charge in [-0.1, -0.05) is 41.4 Å². The van der Waals surface area contributed by atoms with E-state index in [1.54, 1.807) is 11.6 Å². The van der Waals surface area contributed by atoms with Gasteiger partial charge in [0.1, 0.15) is 5.15 Å². The maximum atomic E-state index is 11.7. The summed E-state index contributed by atoms with van der Waals surface area (Å²) in [6, 6.07) is 8.08. The van der Waals surface area contributed by atoms with Crippen LogP contribution in [0.2, 0.25) is 5.15 Å². The molecular weight excluding hydrogens is 342 g/mol. The Labute approximate surface area is 151 Å². The Morgan fingerprint density at radius 1 is 1.32 bits per heavy atom. The smallest absolute Gasteiger partial charge is 0.331 e. The number of carbonyl (C=O) groups excluding carboxylic acids is 2. The number of nitrogens with two attached hydrogens (primary N) is 1. The molecule has 0 fully saturated rings. The molecule has 1 aromatic carbocycles. The quantitative estimate of drug-likeness (QED) is 0.633. The molecule has 0 aliphatic heterocycles. The predicted octanol–water partition coefficient (Wildman–Crippen LogP) is 2.63. The summed E-state index contributed by atoms with van der Waals surface area (Å²) in [6.45, 7) is 5.76. The van der Waals surface area contributed by atoms with Gasteiger partial charge in [-0.15, -0.1) is 0 Å². The van der Waals surface area contributed by atoms with E-state index >= 15 is 0 Å². The summed E-state index contributed by atoms with van der Waals surface area (Å²) in [4.78, 5) is 22.6. The lowest BCUT2D eigenvalue weighted by Crippen LogP contribution is -2.29. The molecular formula is C18H20ClN3O3. The Morgan fingerprint density at radius 3 is 2.56 bits per heavy atom. The molecule has 1 amide bonds. The predicted molar refractivity (Wildman–Crippen MR) is 96.0 cm³/mol. The van der Waals surface area contributed by atoms with E-state index in [0.717, 1.165) is 5.56 Å². The molecule has 7 heteroatoms. The highest BCUT2D eigenvalue weighted by Gasteiger charge is 2.14. The van der Waals surface area contributed by atoms with Crippen molar-refractivity contribution < 1.29 is 14.3 Å². The van der Waals surface area contributed by atoms with Gasteiger partial charge in [-0.2, -0.15) is 5.10 Å². The van der Waals surface area contributed by atoms with Crippen molar-refractivity contribution in [3.8, 4) is 0 Å².